The molecule has 0 bridgehead atoms. The molecule has 4 rings (SSSR count). The van der Waals surface area contributed by atoms with E-state index < -0.39 is 0 Å². The van der Waals surface area contributed by atoms with Crippen molar-refractivity contribution in [2.24, 2.45) is 5.92 Å². The minimum Gasteiger partial charge on any atom is -0.467 e. The number of rotatable bonds is 6. The number of carbonyl (C=O) groups excluding carboxylic acids is 2. The molecule has 1 saturated carbocycles. The van der Waals surface area contributed by atoms with Gasteiger partial charge in [0.25, 0.3) is 0 Å². The normalized spacial score (nSPS) is 18.7. The Morgan fingerprint density at radius 2 is 1.77 bits per heavy atom. The van der Waals surface area contributed by atoms with Gasteiger partial charge in [0, 0.05) is 31.9 Å². The number of carbonyl (C=O) groups is 2. The Bertz CT molecular complexity index is 851. The molecule has 166 valence electrons. The minimum atomic E-state index is -0.139. The van der Waals surface area contributed by atoms with Gasteiger partial charge in [-0.05, 0) is 49.9 Å². The van der Waals surface area contributed by atoms with Crippen molar-refractivity contribution < 1.29 is 14.0 Å². The fourth-order valence-corrected chi connectivity index (χ4v) is 4.69. The highest BCUT2D eigenvalue weighted by molar-refractivity contribution is 5.89. The Kier molecular flexibility index (Phi) is 6.92. The molecule has 1 aliphatic heterocycles. The number of hydrogen-bond donors (Lipinski definition) is 2. The molecule has 0 radical (unpaired) electrons. The summed E-state index contributed by atoms with van der Waals surface area (Å²) < 4.78 is 5.35. The van der Waals surface area contributed by atoms with Crippen LogP contribution in [-0.2, 0) is 11.3 Å². The van der Waals surface area contributed by atoms with Gasteiger partial charge < -0.3 is 20.0 Å². The fraction of sp³-hybridized carbons (Fsp3) is 0.500. The van der Waals surface area contributed by atoms with Gasteiger partial charge in [0.15, 0.2) is 0 Å². The smallest absolute Gasteiger partial charge is 0.321 e. The van der Waals surface area contributed by atoms with E-state index in [1.54, 1.807) is 6.26 Å². The number of amides is 3. The van der Waals surface area contributed by atoms with Crippen molar-refractivity contribution in [1.29, 1.82) is 0 Å². The third kappa shape index (κ3) is 5.47. The van der Waals surface area contributed by atoms with Gasteiger partial charge in [-0.3, -0.25) is 9.69 Å². The third-order valence-electron chi connectivity index (χ3n) is 6.43. The van der Waals surface area contributed by atoms with E-state index in [1.807, 2.05) is 48.2 Å². The number of furan rings is 1. The van der Waals surface area contributed by atoms with Crippen molar-refractivity contribution in [3.05, 3.63) is 54.0 Å². The number of benzene rings is 1. The third-order valence-corrected chi connectivity index (χ3v) is 6.43. The summed E-state index contributed by atoms with van der Waals surface area (Å²) in [5, 5.41) is 6.04. The molecule has 2 fully saturated rings. The average Bonchev–Trinajstić information content (AvgIpc) is 3.49. The molecular formula is C24H32N4O3. The molecule has 3 amide bonds. The van der Waals surface area contributed by atoms with Crippen LogP contribution in [0.3, 0.4) is 0 Å². The summed E-state index contributed by atoms with van der Waals surface area (Å²) in [6.45, 7) is 5.08. The first kappa shape index (κ1) is 21.4. The summed E-state index contributed by atoms with van der Waals surface area (Å²) in [5.74, 6) is 1.21. The Balaban J connectivity index is 1.33. The summed E-state index contributed by atoms with van der Waals surface area (Å²) in [7, 11) is 0. The van der Waals surface area contributed by atoms with Crippen LogP contribution in [0.15, 0.2) is 47.1 Å². The van der Waals surface area contributed by atoms with E-state index in [9.17, 15) is 9.59 Å². The van der Waals surface area contributed by atoms with Gasteiger partial charge in [-0.1, -0.05) is 30.5 Å². The van der Waals surface area contributed by atoms with Gasteiger partial charge in [-0.15, -0.1) is 0 Å². The van der Waals surface area contributed by atoms with Crippen LogP contribution in [0.5, 0.6) is 0 Å². The molecule has 1 saturated heterocycles. The zero-order valence-electron chi connectivity index (χ0n) is 18.2. The van der Waals surface area contributed by atoms with E-state index in [-0.39, 0.29) is 18.0 Å². The Labute approximate surface area is 183 Å². The molecule has 1 aromatic carbocycles. The molecule has 2 heterocycles. The quantitative estimate of drug-likeness (QED) is 0.743. The first-order valence-corrected chi connectivity index (χ1v) is 11.3. The summed E-state index contributed by atoms with van der Waals surface area (Å²) in [5.41, 5.74) is 1.97. The molecule has 1 aromatic heterocycles. The van der Waals surface area contributed by atoms with Crippen molar-refractivity contribution >= 4 is 17.6 Å². The number of urea groups is 1. The van der Waals surface area contributed by atoms with Crippen LogP contribution in [0.25, 0.3) is 0 Å². The van der Waals surface area contributed by atoms with Gasteiger partial charge >= 0.3 is 6.03 Å². The van der Waals surface area contributed by atoms with Crippen molar-refractivity contribution in [3.63, 3.8) is 0 Å². The van der Waals surface area contributed by atoms with Crippen molar-refractivity contribution in [3.8, 4) is 0 Å². The second-order valence-electron chi connectivity index (χ2n) is 8.61. The number of anilines is 1. The summed E-state index contributed by atoms with van der Waals surface area (Å²) in [6.07, 6.45) is 6.17. The van der Waals surface area contributed by atoms with Crippen LogP contribution in [-0.4, -0.2) is 54.0 Å². The molecule has 31 heavy (non-hydrogen) atoms. The summed E-state index contributed by atoms with van der Waals surface area (Å²) in [4.78, 5) is 29.9. The van der Waals surface area contributed by atoms with Crippen LogP contribution >= 0.6 is 0 Å². The molecule has 1 unspecified atom stereocenters. The number of piperazine rings is 1. The van der Waals surface area contributed by atoms with Crippen LogP contribution in [0, 0.1) is 12.8 Å². The van der Waals surface area contributed by atoms with E-state index in [0.29, 0.717) is 38.6 Å². The molecule has 1 aliphatic carbocycles. The SMILES string of the molecule is Cc1ccc(NC(=O)N2CCN(C(C(=O)NCc3ccco3)C3CCCC3)CC2)cc1. The summed E-state index contributed by atoms with van der Waals surface area (Å²) in [6, 6.07) is 11.3. The second-order valence-corrected chi connectivity index (χ2v) is 8.61. The molecule has 7 heteroatoms. The van der Waals surface area contributed by atoms with E-state index >= 15 is 0 Å². The zero-order valence-corrected chi connectivity index (χ0v) is 18.2. The lowest BCUT2D eigenvalue weighted by atomic mass is 9.95. The van der Waals surface area contributed by atoms with Gasteiger partial charge in [-0.25, -0.2) is 4.79 Å². The van der Waals surface area contributed by atoms with E-state index in [0.717, 1.165) is 29.9 Å². The Morgan fingerprint density at radius 1 is 1.06 bits per heavy atom. The van der Waals surface area contributed by atoms with Crippen LogP contribution in [0.2, 0.25) is 0 Å². The van der Waals surface area contributed by atoms with Crippen molar-refractivity contribution in [1.82, 2.24) is 15.1 Å². The van der Waals surface area contributed by atoms with E-state index in [2.05, 4.69) is 15.5 Å². The summed E-state index contributed by atoms with van der Waals surface area (Å²) >= 11 is 0. The first-order valence-electron chi connectivity index (χ1n) is 11.3. The van der Waals surface area contributed by atoms with Crippen molar-refractivity contribution in [2.75, 3.05) is 31.5 Å². The van der Waals surface area contributed by atoms with E-state index in [4.69, 9.17) is 4.42 Å². The molecule has 2 aliphatic rings. The van der Waals surface area contributed by atoms with Crippen molar-refractivity contribution in [2.45, 2.75) is 45.2 Å². The van der Waals surface area contributed by atoms with Gasteiger partial charge in [0.2, 0.25) is 5.91 Å². The van der Waals surface area contributed by atoms with E-state index in [1.165, 1.54) is 12.8 Å². The first-order chi connectivity index (χ1) is 15.1. The van der Waals surface area contributed by atoms with Gasteiger partial charge in [0.05, 0.1) is 18.8 Å². The standard InChI is InChI=1S/C24H32N4O3/c1-18-8-10-20(11-9-18)26-24(30)28-14-12-27(13-15-28)22(19-5-2-3-6-19)23(29)25-17-21-7-4-16-31-21/h4,7-11,16,19,22H,2-3,5-6,12-15,17H2,1H3,(H,25,29)(H,26,30). The minimum absolute atomic E-state index is 0.0702. The Hall–Kier alpha value is -2.80. The number of aryl methyl sites for hydroxylation is 1. The largest absolute Gasteiger partial charge is 0.467 e. The predicted octanol–water partition coefficient (Wildman–Crippen LogP) is 3.61. The number of nitrogens with zero attached hydrogens (tertiary/aromatic N) is 2. The maximum Gasteiger partial charge on any atom is 0.321 e. The molecule has 1 atom stereocenters. The fourth-order valence-electron chi connectivity index (χ4n) is 4.69. The molecule has 2 aromatic rings. The molecule has 0 spiro atoms. The van der Waals surface area contributed by atoms with Crippen LogP contribution in [0.1, 0.15) is 37.0 Å². The highest BCUT2D eigenvalue weighted by atomic mass is 16.3. The predicted molar refractivity (Wildman–Crippen MR) is 120 cm³/mol. The van der Waals surface area contributed by atoms with Crippen LogP contribution < -0.4 is 10.6 Å². The lowest BCUT2D eigenvalue weighted by molar-refractivity contribution is -0.129. The maximum atomic E-state index is 13.1. The van der Waals surface area contributed by atoms with Gasteiger partial charge in [0.1, 0.15) is 5.76 Å². The number of nitrogens with one attached hydrogen (secondary N) is 2. The zero-order chi connectivity index (χ0) is 21.6. The topological polar surface area (TPSA) is 77.8 Å². The number of hydrogen-bond acceptors (Lipinski definition) is 4. The lowest BCUT2D eigenvalue weighted by Gasteiger charge is -2.40. The monoisotopic (exact) mass is 424 g/mol. The lowest BCUT2D eigenvalue weighted by Crippen LogP contribution is -2.58. The highest BCUT2D eigenvalue weighted by Gasteiger charge is 2.37. The molecule has 2 N–H and O–H groups in total. The Morgan fingerprint density at radius 3 is 2.42 bits per heavy atom. The maximum absolute atomic E-state index is 13.1. The van der Waals surface area contributed by atoms with Gasteiger partial charge in [-0.2, -0.15) is 0 Å². The molecule has 7 nitrogen and oxygen atoms in total. The highest BCUT2D eigenvalue weighted by Crippen LogP contribution is 2.31. The molecular weight excluding hydrogens is 392 g/mol. The van der Waals surface area contributed by atoms with Crippen LogP contribution in [0.4, 0.5) is 10.5 Å². The average molecular weight is 425 g/mol. The second kappa shape index (κ2) is 10.0.